The maximum Gasteiger partial charge on any atom is 0.0724 e. The van der Waals surface area contributed by atoms with Gasteiger partial charge in [0.2, 0.25) is 0 Å². The smallest absolute Gasteiger partial charge is 0.0724 e. The third kappa shape index (κ3) is 3.43. The van der Waals surface area contributed by atoms with Crippen molar-refractivity contribution in [1.82, 2.24) is 9.78 Å². The van der Waals surface area contributed by atoms with E-state index in [-0.39, 0.29) is 5.60 Å². The van der Waals surface area contributed by atoms with Crippen LogP contribution in [0.25, 0.3) is 5.69 Å². The maximum absolute atomic E-state index is 5.76. The van der Waals surface area contributed by atoms with Crippen molar-refractivity contribution in [1.29, 1.82) is 0 Å². The van der Waals surface area contributed by atoms with E-state index in [0.29, 0.717) is 6.61 Å². The van der Waals surface area contributed by atoms with E-state index in [1.807, 2.05) is 29.1 Å². The standard InChI is InChI=1S/C14H18N2O/c1-14(2,3)17-11-12-6-4-7-13(10-12)16-9-5-8-15-16/h4-10H,11H2,1-3H3. The number of nitrogens with zero attached hydrogens (tertiary/aromatic N) is 2. The van der Waals surface area contributed by atoms with Gasteiger partial charge in [-0.1, -0.05) is 12.1 Å². The molecule has 1 aromatic carbocycles. The number of hydrogen-bond donors (Lipinski definition) is 0. The lowest BCUT2D eigenvalue weighted by atomic mass is 10.1. The summed E-state index contributed by atoms with van der Waals surface area (Å²) >= 11 is 0. The number of hydrogen-bond acceptors (Lipinski definition) is 2. The summed E-state index contributed by atoms with van der Waals surface area (Å²) in [6.45, 7) is 6.80. The first-order valence-corrected chi connectivity index (χ1v) is 5.77. The SMILES string of the molecule is CC(C)(C)OCc1cccc(-n2cccn2)c1. The number of ether oxygens (including phenoxy) is 1. The summed E-state index contributed by atoms with van der Waals surface area (Å²) in [6.07, 6.45) is 3.71. The van der Waals surface area contributed by atoms with Crippen LogP contribution in [0.4, 0.5) is 0 Å². The van der Waals surface area contributed by atoms with Crippen LogP contribution >= 0.6 is 0 Å². The van der Waals surface area contributed by atoms with Gasteiger partial charge in [0.1, 0.15) is 0 Å². The van der Waals surface area contributed by atoms with Crippen molar-refractivity contribution in [3.63, 3.8) is 0 Å². The Hall–Kier alpha value is -1.61. The van der Waals surface area contributed by atoms with Crippen LogP contribution in [0.3, 0.4) is 0 Å². The van der Waals surface area contributed by atoms with Crippen LogP contribution in [0, 0.1) is 0 Å². The molecule has 0 amide bonds. The molecule has 2 aromatic rings. The number of aromatic nitrogens is 2. The average Bonchev–Trinajstić information content (AvgIpc) is 2.79. The van der Waals surface area contributed by atoms with Gasteiger partial charge in [0.15, 0.2) is 0 Å². The van der Waals surface area contributed by atoms with Gasteiger partial charge in [0, 0.05) is 12.4 Å². The lowest BCUT2D eigenvalue weighted by Gasteiger charge is -2.19. The zero-order chi connectivity index (χ0) is 12.3. The first kappa shape index (κ1) is 11.9. The minimum absolute atomic E-state index is 0.109. The summed E-state index contributed by atoms with van der Waals surface area (Å²) in [4.78, 5) is 0. The third-order valence-electron chi connectivity index (χ3n) is 2.35. The molecule has 17 heavy (non-hydrogen) atoms. The zero-order valence-corrected chi connectivity index (χ0v) is 10.6. The van der Waals surface area contributed by atoms with Gasteiger partial charge < -0.3 is 4.74 Å². The van der Waals surface area contributed by atoms with Gasteiger partial charge in [-0.25, -0.2) is 4.68 Å². The molecule has 3 heteroatoms. The molecule has 0 saturated carbocycles. The van der Waals surface area contributed by atoms with E-state index in [1.54, 1.807) is 6.20 Å². The molecule has 0 aliphatic heterocycles. The molecule has 0 bridgehead atoms. The van der Waals surface area contributed by atoms with Crippen molar-refractivity contribution in [2.24, 2.45) is 0 Å². The Morgan fingerprint density at radius 1 is 1.24 bits per heavy atom. The van der Waals surface area contributed by atoms with Crippen LogP contribution in [0.1, 0.15) is 26.3 Å². The number of rotatable bonds is 3. The summed E-state index contributed by atoms with van der Waals surface area (Å²) in [5, 5.41) is 4.21. The molecule has 1 heterocycles. The van der Waals surface area contributed by atoms with Crippen LogP contribution in [-0.4, -0.2) is 15.4 Å². The summed E-state index contributed by atoms with van der Waals surface area (Å²) in [5.41, 5.74) is 2.11. The van der Waals surface area contributed by atoms with Gasteiger partial charge in [-0.3, -0.25) is 0 Å². The van der Waals surface area contributed by atoms with Crippen molar-refractivity contribution in [3.05, 3.63) is 48.3 Å². The van der Waals surface area contributed by atoms with Gasteiger partial charge in [0.05, 0.1) is 17.9 Å². The largest absolute Gasteiger partial charge is 0.371 e. The molecule has 0 fully saturated rings. The second-order valence-corrected chi connectivity index (χ2v) is 5.02. The molecule has 0 aliphatic rings. The van der Waals surface area contributed by atoms with E-state index >= 15 is 0 Å². The van der Waals surface area contributed by atoms with E-state index in [9.17, 15) is 0 Å². The second kappa shape index (κ2) is 4.72. The highest BCUT2D eigenvalue weighted by Crippen LogP contribution is 2.14. The van der Waals surface area contributed by atoms with E-state index in [0.717, 1.165) is 11.3 Å². The fourth-order valence-corrected chi connectivity index (χ4v) is 1.51. The minimum atomic E-state index is -0.109. The molecule has 0 spiro atoms. The molecule has 0 aliphatic carbocycles. The summed E-state index contributed by atoms with van der Waals surface area (Å²) in [5.74, 6) is 0. The fraction of sp³-hybridized carbons (Fsp3) is 0.357. The summed E-state index contributed by atoms with van der Waals surface area (Å²) < 4.78 is 7.61. The molecule has 3 nitrogen and oxygen atoms in total. The monoisotopic (exact) mass is 230 g/mol. The fourth-order valence-electron chi connectivity index (χ4n) is 1.51. The second-order valence-electron chi connectivity index (χ2n) is 5.02. The highest BCUT2D eigenvalue weighted by molar-refractivity contribution is 5.34. The number of benzene rings is 1. The molecular formula is C14H18N2O. The Balaban J connectivity index is 2.12. The highest BCUT2D eigenvalue weighted by Gasteiger charge is 2.10. The molecule has 0 atom stereocenters. The van der Waals surface area contributed by atoms with E-state index < -0.39 is 0 Å². The Morgan fingerprint density at radius 2 is 2.06 bits per heavy atom. The summed E-state index contributed by atoms with van der Waals surface area (Å²) in [6, 6.07) is 10.1. The Kier molecular flexibility index (Phi) is 3.29. The topological polar surface area (TPSA) is 27.1 Å². The third-order valence-corrected chi connectivity index (χ3v) is 2.35. The van der Waals surface area contributed by atoms with Gasteiger partial charge in [0.25, 0.3) is 0 Å². The minimum Gasteiger partial charge on any atom is -0.371 e. The Morgan fingerprint density at radius 3 is 2.71 bits per heavy atom. The molecule has 0 saturated heterocycles. The quantitative estimate of drug-likeness (QED) is 0.809. The molecule has 2 rings (SSSR count). The first-order chi connectivity index (χ1) is 8.04. The van der Waals surface area contributed by atoms with Crippen molar-refractivity contribution in [3.8, 4) is 5.69 Å². The van der Waals surface area contributed by atoms with Crippen LogP contribution in [0.15, 0.2) is 42.7 Å². The predicted molar refractivity (Wildman–Crippen MR) is 68.1 cm³/mol. The zero-order valence-electron chi connectivity index (χ0n) is 10.6. The van der Waals surface area contributed by atoms with Crippen LogP contribution in [0.2, 0.25) is 0 Å². The lowest BCUT2D eigenvalue weighted by molar-refractivity contribution is -0.0149. The molecular weight excluding hydrogens is 212 g/mol. The van der Waals surface area contributed by atoms with E-state index in [4.69, 9.17) is 4.74 Å². The van der Waals surface area contributed by atoms with Gasteiger partial charge in [-0.2, -0.15) is 5.10 Å². The normalized spacial score (nSPS) is 11.7. The highest BCUT2D eigenvalue weighted by atomic mass is 16.5. The van der Waals surface area contributed by atoms with Crippen LogP contribution in [0.5, 0.6) is 0 Å². The van der Waals surface area contributed by atoms with Gasteiger partial charge >= 0.3 is 0 Å². The molecule has 0 unspecified atom stereocenters. The van der Waals surface area contributed by atoms with Gasteiger partial charge in [-0.15, -0.1) is 0 Å². The van der Waals surface area contributed by atoms with Crippen molar-refractivity contribution in [2.45, 2.75) is 33.0 Å². The molecule has 90 valence electrons. The summed E-state index contributed by atoms with van der Waals surface area (Å²) in [7, 11) is 0. The molecule has 0 N–H and O–H groups in total. The van der Waals surface area contributed by atoms with Gasteiger partial charge in [-0.05, 0) is 44.5 Å². The Labute approximate surface area is 102 Å². The average molecular weight is 230 g/mol. The first-order valence-electron chi connectivity index (χ1n) is 5.77. The molecule has 1 aromatic heterocycles. The van der Waals surface area contributed by atoms with Crippen molar-refractivity contribution >= 4 is 0 Å². The lowest BCUT2D eigenvalue weighted by Crippen LogP contribution is -2.18. The van der Waals surface area contributed by atoms with Crippen molar-refractivity contribution < 1.29 is 4.74 Å². The maximum atomic E-state index is 5.76. The van der Waals surface area contributed by atoms with Crippen LogP contribution < -0.4 is 0 Å². The Bertz CT molecular complexity index is 469. The molecule has 0 radical (unpaired) electrons. The van der Waals surface area contributed by atoms with Crippen LogP contribution in [-0.2, 0) is 11.3 Å². The van der Waals surface area contributed by atoms with E-state index in [1.165, 1.54) is 0 Å². The predicted octanol–water partition coefficient (Wildman–Crippen LogP) is 3.19. The van der Waals surface area contributed by atoms with E-state index in [2.05, 4.69) is 38.0 Å². The van der Waals surface area contributed by atoms with Crippen molar-refractivity contribution in [2.75, 3.05) is 0 Å².